The maximum Gasteiger partial charge on any atom is 0.275 e. The average molecular weight is 523 g/mol. The van der Waals surface area contributed by atoms with Crippen molar-refractivity contribution in [2.24, 2.45) is 5.92 Å². The molecule has 0 bridgehead atoms. The van der Waals surface area contributed by atoms with E-state index in [1.165, 1.54) is 6.20 Å². The monoisotopic (exact) mass is 522 g/mol. The maximum absolute atomic E-state index is 13.2. The molecule has 1 saturated carbocycles. The van der Waals surface area contributed by atoms with E-state index in [0.29, 0.717) is 38.5 Å². The van der Waals surface area contributed by atoms with Crippen molar-refractivity contribution in [1.82, 2.24) is 14.7 Å². The van der Waals surface area contributed by atoms with Gasteiger partial charge in [-0.3, -0.25) is 14.3 Å². The predicted octanol–water partition coefficient (Wildman–Crippen LogP) is 4.70. The van der Waals surface area contributed by atoms with Gasteiger partial charge >= 0.3 is 0 Å². The van der Waals surface area contributed by atoms with Crippen LogP contribution in [0.4, 0.5) is 5.69 Å². The summed E-state index contributed by atoms with van der Waals surface area (Å²) >= 11 is 6.37. The highest BCUT2D eigenvalue weighted by Crippen LogP contribution is 2.29. The second-order valence-corrected chi connectivity index (χ2v) is 10.0. The number of carbonyl (C=O) groups excluding carboxylic acids is 2. The Morgan fingerprint density at radius 2 is 2.00 bits per heavy atom. The zero-order chi connectivity index (χ0) is 25.8. The van der Waals surface area contributed by atoms with Crippen LogP contribution in [0.2, 0.25) is 5.02 Å². The standard InChI is InChI=1S/C28H31ClN4O4/c1-19-14-22(37-18-20-6-3-2-4-7-20)10-11-25(19)31-27(34)26-24(29)15-30-33(26)17-23-16-32(12-13-36-23)28(35)21-8-5-9-21/h2-4,6-7,10-11,14-15,21,23H,5,8-9,12-13,16-18H2,1H3,(H,31,34). The number of amides is 2. The summed E-state index contributed by atoms with van der Waals surface area (Å²) in [7, 11) is 0. The van der Waals surface area contributed by atoms with Crippen molar-refractivity contribution >= 4 is 29.1 Å². The molecule has 1 unspecified atom stereocenters. The number of anilines is 1. The first-order valence-electron chi connectivity index (χ1n) is 12.7. The molecule has 9 heteroatoms. The molecule has 1 atom stereocenters. The van der Waals surface area contributed by atoms with Gasteiger partial charge in [-0.1, -0.05) is 48.4 Å². The van der Waals surface area contributed by atoms with Gasteiger partial charge < -0.3 is 19.7 Å². The summed E-state index contributed by atoms with van der Waals surface area (Å²) in [6.07, 6.45) is 4.27. The Labute approximate surface area is 221 Å². The van der Waals surface area contributed by atoms with Crippen LogP contribution in [0.15, 0.2) is 54.7 Å². The summed E-state index contributed by atoms with van der Waals surface area (Å²) in [5.41, 5.74) is 2.86. The number of nitrogens with zero attached hydrogens (tertiary/aromatic N) is 3. The van der Waals surface area contributed by atoms with Crippen molar-refractivity contribution in [3.05, 3.63) is 76.6 Å². The number of hydrogen-bond acceptors (Lipinski definition) is 5. The van der Waals surface area contributed by atoms with E-state index in [4.69, 9.17) is 21.1 Å². The largest absolute Gasteiger partial charge is 0.489 e. The number of aromatic nitrogens is 2. The van der Waals surface area contributed by atoms with Gasteiger partial charge in [0.15, 0.2) is 0 Å². The lowest BCUT2D eigenvalue weighted by Gasteiger charge is -2.37. The zero-order valence-corrected chi connectivity index (χ0v) is 21.6. The van der Waals surface area contributed by atoms with Gasteiger partial charge in [0, 0.05) is 24.7 Å². The van der Waals surface area contributed by atoms with Crippen molar-refractivity contribution in [2.45, 2.75) is 45.4 Å². The fraction of sp³-hybridized carbons (Fsp3) is 0.393. The van der Waals surface area contributed by atoms with Crippen LogP contribution in [0.5, 0.6) is 5.75 Å². The van der Waals surface area contributed by atoms with Gasteiger partial charge in [0.25, 0.3) is 5.91 Å². The lowest BCUT2D eigenvalue weighted by atomic mass is 9.84. The summed E-state index contributed by atoms with van der Waals surface area (Å²) in [5, 5.41) is 7.52. The Kier molecular flexibility index (Phi) is 7.76. The molecule has 2 aliphatic rings. The lowest BCUT2D eigenvalue weighted by molar-refractivity contribution is -0.146. The Morgan fingerprint density at radius 1 is 1.19 bits per heavy atom. The molecule has 1 N–H and O–H groups in total. The predicted molar refractivity (Wildman–Crippen MR) is 141 cm³/mol. The zero-order valence-electron chi connectivity index (χ0n) is 20.9. The number of rotatable bonds is 8. The third-order valence-electron chi connectivity index (χ3n) is 6.99. The first-order valence-corrected chi connectivity index (χ1v) is 13.1. The average Bonchev–Trinajstić information content (AvgIpc) is 3.23. The van der Waals surface area contributed by atoms with E-state index in [1.54, 1.807) is 4.68 Å². The summed E-state index contributed by atoms with van der Waals surface area (Å²) < 4.78 is 13.4. The van der Waals surface area contributed by atoms with Gasteiger partial charge in [-0.15, -0.1) is 0 Å². The summed E-state index contributed by atoms with van der Waals surface area (Å²) in [4.78, 5) is 27.8. The lowest BCUT2D eigenvalue weighted by Crippen LogP contribution is -2.50. The van der Waals surface area contributed by atoms with E-state index >= 15 is 0 Å². The van der Waals surface area contributed by atoms with E-state index in [2.05, 4.69) is 10.4 Å². The normalized spacial score (nSPS) is 17.8. The van der Waals surface area contributed by atoms with E-state index in [0.717, 1.165) is 36.1 Å². The van der Waals surface area contributed by atoms with Crippen LogP contribution in [-0.4, -0.2) is 52.3 Å². The van der Waals surface area contributed by atoms with Gasteiger partial charge in [-0.2, -0.15) is 5.10 Å². The second kappa shape index (κ2) is 11.4. The Bertz CT molecular complexity index is 1260. The van der Waals surface area contributed by atoms with Gasteiger partial charge in [-0.25, -0.2) is 0 Å². The van der Waals surface area contributed by atoms with Crippen LogP contribution in [0.1, 0.15) is 40.9 Å². The fourth-order valence-electron chi connectivity index (χ4n) is 4.65. The number of aryl methyl sites for hydroxylation is 1. The van der Waals surface area contributed by atoms with Gasteiger partial charge in [0.1, 0.15) is 18.1 Å². The van der Waals surface area contributed by atoms with Crippen LogP contribution < -0.4 is 10.1 Å². The minimum absolute atomic E-state index is 0.151. The molecular formula is C28H31ClN4O4. The number of nitrogens with one attached hydrogen (secondary N) is 1. The molecule has 1 saturated heterocycles. The molecule has 2 heterocycles. The molecule has 2 aromatic carbocycles. The van der Waals surface area contributed by atoms with E-state index < -0.39 is 0 Å². The van der Waals surface area contributed by atoms with Crippen molar-refractivity contribution in [3.63, 3.8) is 0 Å². The summed E-state index contributed by atoms with van der Waals surface area (Å²) in [6, 6.07) is 15.5. The Balaban J connectivity index is 1.22. The number of ether oxygens (including phenoxy) is 2. The fourth-order valence-corrected chi connectivity index (χ4v) is 4.88. The number of benzene rings is 2. The van der Waals surface area contributed by atoms with Crippen LogP contribution in [-0.2, 0) is 22.7 Å². The molecule has 8 nitrogen and oxygen atoms in total. The van der Waals surface area contributed by atoms with Crippen LogP contribution >= 0.6 is 11.6 Å². The van der Waals surface area contributed by atoms with Gasteiger partial charge in [0.2, 0.25) is 5.91 Å². The topological polar surface area (TPSA) is 85.7 Å². The SMILES string of the molecule is Cc1cc(OCc2ccccc2)ccc1NC(=O)c1c(Cl)cnn1CC1CN(C(=O)C2CCC2)CCO1. The summed E-state index contributed by atoms with van der Waals surface area (Å²) in [6.45, 7) is 4.26. The van der Waals surface area contributed by atoms with Crippen molar-refractivity contribution < 1.29 is 19.1 Å². The van der Waals surface area contributed by atoms with Crippen molar-refractivity contribution in [1.29, 1.82) is 0 Å². The van der Waals surface area contributed by atoms with E-state index in [9.17, 15) is 9.59 Å². The van der Waals surface area contributed by atoms with Crippen LogP contribution in [0.3, 0.4) is 0 Å². The highest BCUT2D eigenvalue weighted by Gasteiger charge is 2.33. The Morgan fingerprint density at radius 3 is 2.73 bits per heavy atom. The van der Waals surface area contributed by atoms with Crippen LogP contribution in [0.25, 0.3) is 0 Å². The molecule has 1 aliphatic heterocycles. The number of carbonyl (C=O) groups is 2. The van der Waals surface area contributed by atoms with Crippen molar-refractivity contribution in [2.75, 3.05) is 25.0 Å². The molecular weight excluding hydrogens is 492 g/mol. The minimum Gasteiger partial charge on any atom is -0.489 e. The quantitative estimate of drug-likeness (QED) is 0.463. The second-order valence-electron chi connectivity index (χ2n) is 9.63. The van der Waals surface area contributed by atoms with Crippen LogP contribution in [0, 0.1) is 12.8 Å². The minimum atomic E-state index is -0.359. The third-order valence-corrected chi connectivity index (χ3v) is 7.26. The third kappa shape index (κ3) is 5.97. The maximum atomic E-state index is 13.2. The number of hydrogen-bond donors (Lipinski definition) is 1. The molecule has 1 aromatic heterocycles. The highest BCUT2D eigenvalue weighted by molar-refractivity contribution is 6.34. The number of morpholine rings is 1. The Hall–Kier alpha value is -3.36. The molecule has 1 aliphatic carbocycles. The highest BCUT2D eigenvalue weighted by atomic mass is 35.5. The molecule has 194 valence electrons. The molecule has 0 spiro atoms. The molecule has 0 radical (unpaired) electrons. The van der Waals surface area contributed by atoms with Crippen molar-refractivity contribution in [3.8, 4) is 5.75 Å². The molecule has 2 fully saturated rings. The van der Waals surface area contributed by atoms with Gasteiger partial charge in [-0.05, 0) is 49.1 Å². The molecule has 3 aromatic rings. The van der Waals surface area contributed by atoms with E-state index in [1.807, 2.05) is 60.4 Å². The molecule has 5 rings (SSSR count). The number of halogens is 1. The van der Waals surface area contributed by atoms with Gasteiger partial charge in [0.05, 0.1) is 30.5 Å². The summed E-state index contributed by atoms with van der Waals surface area (Å²) in [5.74, 6) is 0.722. The molecule has 37 heavy (non-hydrogen) atoms. The first kappa shape index (κ1) is 25.3. The first-order chi connectivity index (χ1) is 18.0. The smallest absolute Gasteiger partial charge is 0.275 e. The molecule has 2 amide bonds. The van der Waals surface area contributed by atoms with E-state index in [-0.39, 0.29) is 34.6 Å².